The van der Waals surface area contributed by atoms with Gasteiger partial charge in [-0.05, 0) is 55.8 Å². The summed E-state index contributed by atoms with van der Waals surface area (Å²) < 4.78 is 6.23. The van der Waals surface area contributed by atoms with Crippen molar-refractivity contribution in [3.05, 3.63) is 29.3 Å². The third-order valence-electron chi connectivity index (χ3n) is 4.05. The Balaban J connectivity index is 2.01. The van der Waals surface area contributed by atoms with Gasteiger partial charge < -0.3 is 10.1 Å². The van der Waals surface area contributed by atoms with Gasteiger partial charge in [-0.2, -0.15) is 0 Å². The van der Waals surface area contributed by atoms with Crippen molar-refractivity contribution in [2.75, 3.05) is 6.54 Å². The lowest BCUT2D eigenvalue weighted by molar-refractivity contribution is 0.205. The maximum absolute atomic E-state index is 6.23. The molecule has 1 aromatic rings. The van der Waals surface area contributed by atoms with Crippen LogP contribution in [0.2, 0.25) is 0 Å². The largest absolute Gasteiger partial charge is 0.490 e. The van der Waals surface area contributed by atoms with E-state index >= 15 is 0 Å². The van der Waals surface area contributed by atoms with E-state index in [0.29, 0.717) is 18.1 Å². The van der Waals surface area contributed by atoms with Crippen LogP contribution >= 0.6 is 0 Å². The first-order valence-corrected chi connectivity index (χ1v) is 7.60. The van der Waals surface area contributed by atoms with E-state index in [1.165, 1.54) is 24.0 Å². The molecule has 0 spiro atoms. The molecule has 2 heteroatoms. The topological polar surface area (TPSA) is 21.3 Å². The summed E-state index contributed by atoms with van der Waals surface area (Å²) in [6.45, 7) is 9.82. The highest BCUT2D eigenvalue weighted by Gasteiger charge is 2.25. The number of aryl methyl sites for hydroxylation is 1. The second-order valence-corrected chi connectivity index (χ2v) is 5.99. The summed E-state index contributed by atoms with van der Waals surface area (Å²) >= 11 is 0. The van der Waals surface area contributed by atoms with E-state index in [2.05, 4.69) is 51.2 Å². The quantitative estimate of drug-likeness (QED) is 0.864. The lowest BCUT2D eigenvalue weighted by atomic mass is 10.0. The van der Waals surface area contributed by atoms with Crippen LogP contribution in [-0.2, 0) is 0 Å². The molecule has 2 nitrogen and oxygen atoms in total. The van der Waals surface area contributed by atoms with Crippen LogP contribution in [0.25, 0.3) is 0 Å². The van der Waals surface area contributed by atoms with E-state index in [-0.39, 0.29) is 0 Å². The molecule has 1 aliphatic rings. The minimum Gasteiger partial charge on any atom is -0.490 e. The van der Waals surface area contributed by atoms with Gasteiger partial charge in [0.25, 0.3) is 0 Å². The Bertz CT molecular complexity index is 414. The van der Waals surface area contributed by atoms with Gasteiger partial charge in [-0.1, -0.05) is 32.9 Å². The highest BCUT2D eigenvalue weighted by atomic mass is 16.5. The van der Waals surface area contributed by atoms with Crippen molar-refractivity contribution in [2.24, 2.45) is 0 Å². The molecule has 1 N–H and O–H groups in total. The van der Waals surface area contributed by atoms with Crippen LogP contribution in [0.3, 0.4) is 0 Å². The zero-order valence-corrected chi connectivity index (χ0v) is 12.7. The third-order valence-corrected chi connectivity index (χ3v) is 4.05. The first kappa shape index (κ1) is 14.4. The predicted molar refractivity (Wildman–Crippen MR) is 81.0 cm³/mol. The predicted octanol–water partition coefficient (Wildman–Crippen LogP) is 4.03. The van der Waals surface area contributed by atoms with Gasteiger partial charge >= 0.3 is 0 Å². The fourth-order valence-corrected chi connectivity index (χ4v) is 2.80. The van der Waals surface area contributed by atoms with Crippen LogP contribution in [-0.4, -0.2) is 18.7 Å². The van der Waals surface area contributed by atoms with Gasteiger partial charge in [0, 0.05) is 6.04 Å². The lowest BCUT2D eigenvalue weighted by Gasteiger charge is -2.18. The maximum Gasteiger partial charge on any atom is 0.122 e. The number of rotatable bonds is 5. The van der Waals surface area contributed by atoms with Crippen molar-refractivity contribution < 1.29 is 4.74 Å². The zero-order chi connectivity index (χ0) is 13.8. The van der Waals surface area contributed by atoms with Gasteiger partial charge in [-0.3, -0.25) is 0 Å². The Hall–Kier alpha value is -1.02. The molecule has 106 valence electrons. The molecule has 1 aromatic carbocycles. The molecule has 2 atom stereocenters. The van der Waals surface area contributed by atoms with E-state index in [1.807, 2.05) is 0 Å². The molecule has 0 radical (unpaired) electrons. The molecule has 0 aromatic heterocycles. The van der Waals surface area contributed by atoms with Gasteiger partial charge in [0.2, 0.25) is 0 Å². The Kier molecular flexibility index (Phi) is 4.87. The van der Waals surface area contributed by atoms with Crippen molar-refractivity contribution in [2.45, 2.75) is 65.0 Å². The van der Waals surface area contributed by atoms with Crippen molar-refractivity contribution in [1.29, 1.82) is 0 Å². The maximum atomic E-state index is 6.23. The monoisotopic (exact) mass is 261 g/mol. The highest BCUT2D eigenvalue weighted by Crippen LogP contribution is 2.29. The van der Waals surface area contributed by atoms with Gasteiger partial charge in [-0.25, -0.2) is 0 Å². The normalized spacial score (nSPS) is 23.0. The van der Waals surface area contributed by atoms with Gasteiger partial charge in [0.1, 0.15) is 11.9 Å². The average Bonchev–Trinajstić information content (AvgIpc) is 2.80. The summed E-state index contributed by atoms with van der Waals surface area (Å²) in [5, 5.41) is 3.52. The molecular formula is C17H27NO. The van der Waals surface area contributed by atoms with Gasteiger partial charge in [0.05, 0.1) is 0 Å². The fourth-order valence-electron chi connectivity index (χ4n) is 2.80. The van der Waals surface area contributed by atoms with E-state index < -0.39 is 0 Å². The van der Waals surface area contributed by atoms with Crippen LogP contribution in [0, 0.1) is 6.92 Å². The minimum atomic E-state index is 0.380. The molecule has 2 rings (SSSR count). The first-order valence-electron chi connectivity index (χ1n) is 7.60. The van der Waals surface area contributed by atoms with Crippen LogP contribution in [0.1, 0.15) is 57.1 Å². The number of ether oxygens (including phenoxy) is 1. The van der Waals surface area contributed by atoms with E-state index in [0.717, 1.165) is 18.7 Å². The Labute approximate surface area is 117 Å². The molecule has 1 fully saturated rings. The van der Waals surface area contributed by atoms with E-state index in [9.17, 15) is 0 Å². The Morgan fingerprint density at radius 1 is 1.32 bits per heavy atom. The smallest absolute Gasteiger partial charge is 0.122 e. The molecular weight excluding hydrogens is 234 g/mol. The van der Waals surface area contributed by atoms with E-state index in [4.69, 9.17) is 4.74 Å². The van der Waals surface area contributed by atoms with Crippen molar-refractivity contribution in [1.82, 2.24) is 5.32 Å². The van der Waals surface area contributed by atoms with E-state index in [1.54, 1.807) is 0 Å². The lowest BCUT2D eigenvalue weighted by Crippen LogP contribution is -2.27. The fraction of sp³-hybridized carbons (Fsp3) is 0.647. The van der Waals surface area contributed by atoms with Crippen molar-refractivity contribution in [3.8, 4) is 5.75 Å². The molecule has 0 saturated heterocycles. The summed E-state index contributed by atoms with van der Waals surface area (Å²) in [6, 6.07) is 7.26. The molecule has 1 aliphatic carbocycles. The van der Waals surface area contributed by atoms with Crippen LogP contribution in [0.5, 0.6) is 5.75 Å². The van der Waals surface area contributed by atoms with Gasteiger partial charge in [0.15, 0.2) is 0 Å². The summed E-state index contributed by atoms with van der Waals surface area (Å²) in [6.07, 6.45) is 3.93. The molecule has 0 amide bonds. The standard InChI is InChI=1S/C17H27NO/c1-5-18-15-8-9-16(11-15)19-17-10-14(12(2)3)7-6-13(17)4/h6-7,10,12,15-16,18H,5,8-9,11H2,1-4H3. The summed E-state index contributed by atoms with van der Waals surface area (Å²) in [5.41, 5.74) is 2.61. The molecule has 0 bridgehead atoms. The molecule has 2 unspecified atom stereocenters. The van der Waals surface area contributed by atoms with Crippen molar-refractivity contribution >= 4 is 0 Å². The summed E-state index contributed by atoms with van der Waals surface area (Å²) in [5.74, 6) is 1.63. The van der Waals surface area contributed by atoms with Crippen LogP contribution in [0.15, 0.2) is 18.2 Å². The molecule has 0 aliphatic heterocycles. The van der Waals surface area contributed by atoms with Crippen LogP contribution < -0.4 is 10.1 Å². The second-order valence-electron chi connectivity index (χ2n) is 5.99. The molecule has 0 heterocycles. The zero-order valence-electron chi connectivity index (χ0n) is 12.7. The third kappa shape index (κ3) is 3.73. The number of hydrogen-bond donors (Lipinski definition) is 1. The number of nitrogens with one attached hydrogen (secondary N) is 1. The first-order chi connectivity index (χ1) is 9.10. The van der Waals surface area contributed by atoms with Gasteiger partial charge in [-0.15, -0.1) is 0 Å². The van der Waals surface area contributed by atoms with Crippen molar-refractivity contribution in [3.63, 3.8) is 0 Å². The summed E-state index contributed by atoms with van der Waals surface area (Å²) in [7, 11) is 0. The second kappa shape index (κ2) is 6.42. The SMILES string of the molecule is CCNC1CCC(Oc2cc(C(C)C)ccc2C)C1. The molecule has 1 saturated carbocycles. The average molecular weight is 261 g/mol. The highest BCUT2D eigenvalue weighted by molar-refractivity contribution is 5.38. The number of benzene rings is 1. The Morgan fingerprint density at radius 3 is 2.79 bits per heavy atom. The summed E-state index contributed by atoms with van der Waals surface area (Å²) in [4.78, 5) is 0. The van der Waals surface area contributed by atoms with Crippen LogP contribution in [0.4, 0.5) is 0 Å². The number of hydrogen-bond acceptors (Lipinski definition) is 2. The minimum absolute atomic E-state index is 0.380. The Morgan fingerprint density at radius 2 is 2.11 bits per heavy atom. The molecule has 19 heavy (non-hydrogen) atoms.